The van der Waals surface area contributed by atoms with Crippen LogP contribution in [0.15, 0.2) is 24.3 Å². The molecule has 0 bridgehead atoms. The molecule has 11 heteroatoms. The summed E-state index contributed by atoms with van der Waals surface area (Å²) in [4.78, 5) is 59.4. The average Bonchev–Trinajstić information content (AvgIpc) is 3.26. The van der Waals surface area contributed by atoms with Crippen molar-refractivity contribution in [1.82, 2.24) is 16.0 Å². The van der Waals surface area contributed by atoms with Crippen LogP contribution < -0.4 is 16.0 Å². The molecule has 1 saturated heterocycles. The van der Waals surface area contributed by atoms with E-state index in [9.17, 15) is 29.3 Å². The minimum absolute atomic E-state index is 0.114. The number of hydrogen-bond acceptors (Lipinski definition) is 7. The normalized spacial score (nSPS) is 19.8. The Morgan fingerprint density at radius 3 is 2.60 bits per heavy atom. The van der Waals surface area contributed by atoms with Crippen LogP contribution in [0.1, 0.15) is 56.9 Å². The van der Waals surface area contributed by atoms with E-state index in [4.69, 9.17) is 4.74 Å². The Labute approximate surface area is 203 Å². The van der Waals surface area contributed by atoms with Crippen LogP contribution in [0.3, 0.4) is 0 Å². The van der Waals surface area contributed by atoms with Gasteiger partial charge in [0.25, 0.3) is 5.69 Å². The van der Waals surface area contributed by atoms with Crippen molar-refractivity contribution in [2.45, 2.75) is 70.1 Å². The molecule has 1 aliphatic carbocycles. The molecule has 3 N–H and O–H groups in total. The number of non-ortho nitro benzene ring substituents is 1. The van der Waals surface area contributed by atoms with Crippen molar-refractivity contribution < 1.29 is 28.8 Å². The Morgan fingerprint density at radius 1 is 1.17 bits per heavy atom. The average molecular weight is 489 g/mol. The van der Waals surface area contributed by atoms with E-state index in [1.165, 1.54) is 18.2 Å². The summed E-state index contributed by atoms with van der Waals surface area (Å²) in [5, 5.41) is 18.9. The fraction of sp³-hybridized carbons (Fsp3) is 0.583. The van der Waals surface area contributed by atoms with E-state index in [1.54, 1.807) is 6.07 Å². The Balaban J connectivity index is 1.60. The van der Waals surface area contributed by atoms with E-state index in [1.807, 2.05) is 0 Å². The van der Waals surface area contributed by atoms with Crippen molar-refractivity contribution in [2.24, 2.45) is 11.8 Å². The van der Waals surface area contributed by atoms with Gasteiger partial charge in [0, 0.05) is 24.6 Å². The molecule has 1 aromatic carbocycles. The number of amides is 3. The zero-order chi connectivity index (χ0) is 25.2. The molecular weight excluding hydrogens is 456 g/mol. The van der Waals surface area contributed by atoms with Crippen molar-refractivity contribution in [3.63, 3.8) is 0 Å². The summed E-state index contributed by atoms with van der Waals surface area (Å²) in [5.74, 6) is -0.715. The van der Waals surface area contributed by atoms with Crippen molar-refractivity contribution >= 4 is 29.9 Å². The van der Waals surface area contributed by atoms with Gasteiger partial charge in [0.05, 0.1) is 11.0 Å². The Hall–Kier alpha value is -3.50. The molecule has 0 radical (unpaired) electrons. The molecule has 190 valence electrons. The first-order valence-electron chi connectivity index (χ1n) is 12.1. The van der Waals surface area contributed by atoms with Crippen LogP contribution >= 0.6 is 0 Å². The minimum Gasteiger partial charge on any atom is -0.445 e. The maximum atomic E-state index is 13.1. The van der Waals surface area contributed by atoms with E-state index in [0.29, 0.717) is 31.2 Å². The summed E-state index contributed by atoms with van der Waals surface area (Å²) in [5.41, 5.74) is 0.329. The van der Waals surface area contributed by atoms with E-state index < -0.39 is 29.0 Å². The molecular formula is C24H32N4O7. The van der Waals surface area contributed by atoms with Crippen LogP contribution in [0.4, 0.5) is 10.5 Å². The van der Waals surface area contributed by atoms with Gasteiger partial charge in [0.15, 0.2) is 0 Å². The zero-order valence-electron chi connectivity index (χ0n) is 19.6. The van der Waals surface area contributed by atoms with Gasteiger partial charge < -0.3 is 25.5 Å². The number of ether oxygens (including phenoxy) is 1. The summed E-state index contributed by atoms with van der Waals surface area (Å²) >= 11 is 0. The fourth-order valence-electron chi connectivity index (χ4n) is 4.69. The number of hydrogen-bond donors (Lipinski definition) is 3. The third-order valence-electron chi connectivity index (χ3n) is 6.59. The number of benzene rings is 1. The summed E-state index contributed by atoms with van der Waals surface area (Å²) < 4.78 is 5.21. The maximum Gasteiger partial charge on any atom is 0.408 e. The molecule has 1 aliphatic heterocycles. The number of aldehydes is 1. The fourth-order valence-corrected chi connectivity index (χ4v) is 4.69. The predicted octanol–water partition coefficient (Wildman–Crippen LogP) is 2.37. The third-order valence-corrected chi connectivity index (χ3v) is 6.59. The quantitative estimate of drug-likeness (QED) is 0.245. The highest BCUT2D eigenvalue weighted by Gasteiger charge is 2.31. The van der Waals surface area contributed by atoms with Gasteiger partial charge in [0.1, 0.15) is 18.9 Å². The van der Waals surface area contributed by atoms with Gasteiger partial charge in [-0.05, 0) is 30.7 Å². The zero-order valence-corrected chi connectivity index (χ0v) is 19.6. The van der Waals surface area contributed by atoms with Crippen LogP contribution in [0.25, 0.3) is 0 Å². The van der Waals surface area contributed by atoms with Gasteiger partial charge in [-0.3, -0.25) is 19.7 Å². The van der Waals surface area contributed by atoms with Crippen LogP contribution in [-0.2, 0) is 25.7 Å². The van der Waals surface area contributed by atoms with Crippen molar-refractivity contribution in [2.75, 3.05) is 6.54 Å². The van der Waals surface area contributed by atoms with E-state index in [0.717, 1.165) is 32.1 Å². The summed E-state index contributed by atoms with van der Waals surface area (Å²) in [6.07, 6.45) is 6.17. The van der Waals surface area contributed by atoms with Crippen LogP contribution in [0.2, 0.25) is 0 Å². The van der Waals surface area contributed by atoms with Crippen molar-refractivity contribution in [3.8, 4) is 0 Å². The second kappa shape index (κ2) is 12.8. The number of alkyl carbamates (subject to hydrolysis) is 1. The first-order chi connectivity index (χ1) is 16.9. The van der Waals surface area contributed by atoms with Gasteiger partial charge in [0.2, 0.25) is 11.8 Å². The Kier molecular flexibility index (Phi) is 9.56. The van der Waals surface area contributed by atoms with Crippen LogP contribution in [-0.4, -0.2) is 47.7 Å². The van der Waals surface area contributed by atoms with Gasteiger partial charge in [-0.25, -0.2) is 4.79 Å². The highest BCUT2D eigenvalue weighted by molar-refractivity contribution is 5.88. The topological polar surface area (TPSA) is 157 Å². The Bertz CT molecular complexity index is 932. The lowest BCUT2D eigenvalue weighted by atomic mass is 9.84. The number of carbonyl (C=O) groups excluding carboxylic acids is 4. The van der Waals surface area contributed by atoms with Gasteiger partial charge in [-0.15, -0.1) is 0 Å². The second-order valence-corrected chi connectivity index (χ2v) is 9.20. The van der Waals surface area contributed by atoms with Gasteiger partial charge in [-0.1, -0.05) is 44.2 Å². The highest BCUT2D eigenvalue weighted by Crippen LogP contribution is 2.27. The van der Waals surface area contributed by atoms with Crippen molar-refractivity contribution in [1.29, 1.82) is 0 Å². The molecule has 2 fully saturated rings. The summed E-state index contributed by atoms with van der Waals surface area (Å²) in [6.45, 7) is 0.352. The molecule has 35 heavy (non-hydrogen) atoms. The lowest BCUT2D eigenvalue weighted by Gasteiger charge is -2.27. The van der Waals surface area contributed by atoms with E-state index in [-0.39, 0.29) is 36.5 Å². The standard InChI is InChI=1S/C24H32N4O7/c29-14-19(13-18-9-10-25-22(18)30)26-23(31)21(12-16-5-2-1-3-6-16)27-24(32)35-15-17-7-4-8-20(11-17)28(33)34/h4,7-8,11,14,16,18-19,21H,1-3,5-6,9-10,12-13,15H2,(H,25,30)(H,26,31)(H,27,32)/t18-,19-,21-/m0/s1. The smallest absolute Gasteiger partial charge is 0.408 e. The molecule has 1 heterocycles. The van der Waals surface area contributed by atoms with Crippen LogP contribution in [0, 0.1) is 22.0 Å². The first kappa shape index (κ1) is 26.1. The molecule has 1 aromatic rings. The predicted molar refractivity (Wildman–Crippen MR) is 125 cm³/mol. The monoisotopic (exact) mass is 488 g/mol. The second-order valence-electron chi connectivity index (χ2n) is 9.20. The maximum absolute atomic E-state index is 13.1. The van der Waals surface area contributed by atoms with E-state index >= 15 is 0 Å². The number of nitro benzene ring substituents is 1. The molecule has 3 atom stereocenters. The largest absolute Gasteiger partial charge is 0.445 e. The molecule has 3 rings (SSSR count). The molecule has 0 unspecified atom stereocenters. The lowest BCUT2D eigenvalue weighted by molar-refractivity contribution is -0.384. The number of nitro groups is 1. The Morgan fingerprint density at radius 2 is 1.94 bits per heavy atom. The minimum atomic E-state index is -0.907. The third kappa shape index (κ3) is 8.04. The summed E-state index contributed by atoms with van der Waals surface area (Å²) in [7, 11) is 0. The van der Waals surface area contributed by atoms with Gasteiger partial charge in [-0.2, -0.15) is 0 Å². The van der Waals surface area contributed by atoms with Gasteiger partial charge >= 0.3 is 6.09 Å². The molecule has 3 amide bonds. The number of rotatable bonds is 11. The highest BCUT2D eigenvalue weighted by atomic mass is 16.6. The van der Waals surface area contributed by atoms with Crippen molar-refractivity contribution in [3.05, 3.63) is 39.9 Å². The number of nitrogens with one attached hydrogen (secondary N) is 3. The van der Waals surface area contributed by atoms with Crippen LogP contribution in [0.5, 0.6) is 0 Å². The number of carbonyl (C=O) groups is 4. The molecule has 1 saturated carbocycles. The number of nitrogens with zero attached hydrogens (tertiary/aromatic N) is 1. The molecule has 0 spiro atoms. The lowest BCUT2D eigenvalue weighted by Crippen LogP contribution is -2.51. The first-order valence-corrected chi connectivity index (χ1v) is 12.1. The molecule has 2 aliphatic rings. The SMILES string of the molecule is O=C[C@H](C[C@@H]1CCNC1=O)NC(=O)[C@H](CC1CCCCC1)NC(=O)OCc1cccc([N+](=O)[O-])c1. The van der Waals surface area contributed by atoms with E-state index in [2.05, 4.69) is 16.0 Å². The summed E-state index contributed by atoms with van der Waals surface area (Å²) in [6, 6.07) is 4.00. The molecule has 11 nitrogen and oxygen atoms in total. The molecule has 0 aromatic heterocycles.